The van der Waals surface area contributed by atoms with Gasteiger partial charge in [0.1, 0.15) is 5.69 Å². The maximum Gasteiger partial charge on any atom is 0.239 e. The molecule has 8 heteroatoms. The first-order chi connectivity index (χ1) is 8.97. The van der Waals surface area contributed by atoms with Gasteiger partial charge in [0.05, 0.1) is 13.2 Å². The number of carbonyl (C=O) groups excluding carboxylic acids is 1. The van der Waals surface area contributed by atoms with Crippen LogP contribution in [0.25, 0.3) is 0 Å². The van der Waals surface area contributed by atoms with E-state index in [1.54, 1.807) is 0 Å². The van der Waals surface area contributed by atoms with Crippen molar-refractivity contribution in [3.63, 3.8) is 0 Å². The van der Waals surface area contributed by atoms with Gasteiger partial charge in [0.25, 0.3) is 0 Å². The minimum absolute atomic E-state index is 0.0918. The molecule has 0 aliphatic heterocycles. The molecular formula is C11H12F4N2O2. The van der Waals surface area contributed by atoms with Crippen LogP contribution in [0.2, 0.25) is 0 Å². The van der Waals surface area contributed by atoms with Crippen molar-refractivity contribution in [1.82, 2.24) is 5.32 Å². The highest BCUT2D eigenvalue weighted by molar-refractivity contribution is 5.80. The Balaban J connectivity index is 2.65. The standard InChI is InChI=1S/C11H12F4N2O2/c1-19-3-2-16-8(18)5-17-11-9(14)6(12)4-7(13)10(11)15/h4,17H,2-3,5H2,1H3,(H,16,18). The average Bonchev–Trinajstić information content (AvgIpc) is 2.37. The lowest BCUT2D eigenvalue weighted by Gasteiger charge is -2.10. The molecule has 0 saturated heterocycles. The molecule has 1 rings (SSSR count). The van der Waals surface area contributed by atoms with Gasteiger partial charge < -0.3 is 15.4 Å². The zero-order valence-corrected chi connectivity index (χ0v) is 10.0. The van der Waals surface area contributed by atoms with Crippen LogP contribution in [0.1, 0.15) is 0 Å². The van der Waals surface area contributed by atoms with Gasteiger partial charge in [-0.25, -0.2) is 17.6 Å². The summed E-state index contributed by atoms with van der Waals surface area (Å²) in [6.07, 6.45) is 0. The lowest BCUT2D eigenvalue weighted by atomic mass is 10.2. The molecule has 0 heterocycles. The van der Waals surface area contributed by atoms with E-state index < -0.39 is 41.4 Å². The number of anilines is 1. The molecule has 0 atom stereocenters. The first-order valence-corrected chi connectivity index (χ1v) is 5.29. The first kappa shape index (κ1) is 15.2. The van der Waals surface area contributed by atoms with Crippen LogP contribution in [0.4, 0.5) is 23.2 Å². The van der Waals surface area contributed by atoms with Crippen molar-refractivity contribution in [2.45, 2.75) is 0 Å². The van der Waals surface area contributed by atoms with Gasteiger partial charge in [0.15, 0.2) is 23.3 Å². The number of methoxy groups -OCH3 is 1. The number of halogens is 4. The van der Waals surface area contributed by atoms with Crippen molar-refractivity contribution in [1.29, 1.82) is 0 Å². The zero-order chi connectivity index (χ0) is 14.4. The van der Waals surface area contributed by atoms with E-state index in [2.05, 4.69) is 10.1 Å². The molecule has 4 nitrogen and oxygen atoms in total. The molecule has 106 valence electrons. The molecule has 0 radical (unpaired) electrons. The number of nitrogens with one attached hydrogen (secondary N) is 2. The smallest absolute Gasteiger partial charge is 0.239 e. The fourth-order valence-corrected chi connectivity index (χ4v) is 1.25. The Morgan fingerprint density at radius 3 is 2.32 bits per heavy atom. The SMILES string of the molecule is COCCNC(=O)CNc1c(F)c(F)cc(F)c1F. The number of benzene rings is 1. The fourth-order valence-electron chi connectivity index (χ4n) is 1.25. The van der Waals surface area contributed by atoms with E-state index in [4.69, 9.17) is 0 Å². The molecule has 0 aliphatic rings. The van der Waals surface area contributed by atoms with Gasteiger partial charge in [-0.3, -0.25) is 4.79 Å². The molecular weight excluding hydrogens is 268 g/mol. The number of hydrogen-bond donors (Lipinski definition) is 2. The van der Waals surface area contributed by atoms with Gasteiger partial charge in [0, 0.05) is 19.7 Å². The summed E-state index contributed by atoms with van der Waals surface area (Å²) in [5.74, 6) is -6.84. The van der Waals surface area contributed by atoms with Crippen molar-refractivity contribution in [2.24, 2.45) is 0 Å². The van der Waals surface area contributed by atoms with Crippen LogP contribution in [0.5, 0.6) is 0 Å². The molecule has 0 saturated carbocycles. The van der Waals surface area contributed by atoms with Crippen LogP contribution in [0.3, 0.4) is 0 Å². The lowest BCUT2D eigenvalue weighted by molar-refractivity contribution is -0.119. The molecule has 0 unspecified atom stereocenters. The van der Waals surface area contributed by atoms with Crippen LogP contribution >= 0.6 is 0 Å². The fraction of sp³-hybridized carbons (Fsp3) is 0.364. The number of amides is 1. The van der Waals surface area contributed by atoms with E-state index in [1.165, 1.54) is 7.11 Å². The average molecular weight is 280 g/mol. The Bertz CT molecular complexity index is 442. The molecule has 0 spiro atoms. The largest absolute Gasteiger partial charge is 0.383 e. The summed E-state index contributed by atoms with van der Waals surface area (Å²) in [6, 6.07) is 0.0918. The molecule has 1 aromatic rings. The van der Waals surface area contributed by atoms with Crippen molar-refractivity contribution in [3.8, 4) is 0 Å². The lowest BCUT2D eigenvalue weighted by Crippen LogP contribution is -2.32. The summed E-state index contributed by atoms with van der Waals surface area (Å²) >= 11 is 0. The zero-order valence-electron chi connectivity index (χ0n) is 10.0. The van der Waals surface area contributed by atoms with Gasteiger partial charge in [-0.05, 0) is 0 Å². The second-order valence-electron chi connectivity index (χ2n) is 3.54. The van der Waals surface area contributed by atoms with Crippen LogP contribution < -0.4 is 10.6 Å². The minimum Gasteiger partial charge on any atom is -0.383 e. The summed E-state index contributed by atoms with van der Waals surface area (Å²) in [5, 5.41) is 4.37. The monoisotopic (exact) mass is 280 g/mol. The van der Waals surface area contributed by atoms with Gasteiger partial charge in [-0.15, -0.1) is 0 Å². The van der Waals surface area contributed by atoms with Crippen molar-refractivity contribution in [2.75, 3.05) is 32.1 Å². The highest BCUT2D eigenvalue weighted by Gasteiger charge is 2.19. The van der Waals surface area contributed by atoms with E-state index in [-0.39, 0.29) is 19.2 Å². The normalized spacial score (nSPS) is 10.4. The third-order valence-electron chi connectivity index (χ3n) is 2.17. The van der Waals surface area contributed by atoms with Crippen LogP contribution in [0.15, 0.2) is 6.07 Å². The molecule has 0 fully saturated rings. The summed E-state index contributed by atoms with van der Waals surface area (Å²) in [6.45, 7) is -0.0526. The van der Waals surface area contributed by atoms with Gasteiger partial charge in [0.2, 0.25) is 5.91 Å². The molecule has 0 aliphatic carbocycles. The Morgan fingerprint density at radius 2 is 1.79 bits per heavy atom. The van der Waals surface area contributed by atoms with Gasteiger partial charge in [-0.1, -0.05) is 0 Å². The maximum absolute atomic E-state index is 13.2. The summed E-state index contributed by atoms with van der Waals surface area (Å²) < 4.78 is 56.8. The van der Waals surface area contributed by atoms with Crippen molar-refractivity contribution < 1.29 is 27.1 Å². The van der Waals surface area contributed by atoms with Crippen LogP contribution in [-0.4, -0.2) is 32.7 Å². The van der Waals surface area contributed by atoms with Gasteiger partial charge >= 0.3 is 0 Å². The van der Waals surface area contributed by atoms with Crippen molar-refractivity contribution >= 4 is 11.6 Å². The van der Waals surface area contributed by atoms with E-state index in [1.807, 2.05) is 5.32 Å². The van der Waals surface area contributed by atoms with E-state index >= 15 is 0 Å². The Hall–Kier alpha value is -1.83. The number of ether oxygens (including phenoxy) is 1. The highest BCUT2D eigenvalue weighted by atomic mass is 19.2. The quantitative estimate of drug-likeness (QED) is 0.471. The Labute approximate surface area is 106 Å². The number of carbonyl (C=O) groups is 1. The topological polar surface area (TPSA) is 50.4 Å². The predicted octanol–water partition coefficient (Wildman–Crippen LogP) is 1.42. The molecule has 1 aromatic carbocycles. The molecule has 2 N–H and O–H groups in total. The Kier molecular flexibility index (Phi) is 5.56. The summed E-state index contributed by atoms with van der Waals surface area (Å²) in [4.78, 5) is 11.2. The van der Waals surface area contributed by atoms with Crippen molar-refractivity contribution in [3.05, 3.63) is 29.3 Å². The maximum atomic E-state index is 13.2. The third kappa shape index (κ3) is 4.09. The molecule has 19 heavy (non-hydrogen) atoms. The van der Waals surface area contributed by atoms with Crippen LogP contribution in [0, 0.1) is 23.3 Å². The van der Waals surface area contributed by atoms with E-state index in [0.717, 1.165) is 0 Å². The number of rotatable bonds is 6. The first-order valence-electron chi connectivity index (χ1n) is 5.29. The second-order valence-corrected chi connectivity index (χ2v) is 3.54. The van der Waals surface area contributed by atoms with Crippen LogP contribution in [-0.2, 0) is 9.53 Å². The summed E-state index contributed by atoms with van der Waals surface area (Å²) in [7, 11) is 1.44. The van der Waals surface area contributed by atoms with E-state index in [0.29, 0.717) is 0 Å². The van der Waals surface area contributed by atoms with E-state index in [9.17, 15) is 22.4 Å². The third-order valence-corrected chi connectivity index (χ3v) is 2.17. The second kappa shape index (κ2) is 6.93. The molecule has 1 amide bonds. The molecule has 0 bridgehead atoms. The summed E-state index contributed by atoms with van der Waals surface area (Å²) in [5.41, 5.74) is -1.01. The predicted molar refractivity (Wildman–Crippen MR) is 59.6 cm³/mol. The number of hydrogen-bond acceptors (Lipinski definition) is 3. The highest BCUT2D eigenvalue weighted by Crippen LogP contribution is 2.23. The minimum atomic E-state index is -1.58. The van der Waals surface area contributed by atoms with Gasteiger partial charge in [-0.2, -0.15) is 0 Å². The molecule has 0 aromatic heterocycles. The Morgan fingerprint density at radius 1 is 1.21 bits per heavy atom.